The zero-order valence-corrected chi connectivity index (χ0v) is 8.25. The monoisotopic (exact) mass is 196 g/mol. The third-order valence-electron chi connectivity index (χ3n) is 1.88. The standard InChI is InChI=1S/C9H8OS2/c1-5-3-2-4-6-7(5)8(11)9(10)12-6/h2-4,10-11H,1H3. The van der Waals surface area contributed by atoms with E-state index in [0.717, 1.165) is 15.6 Å². The lowest BCUT2D eigenvalue weighted by Crippen LogP contribution is -1.71. The Kier molecular flexibility index (Phi) is 1.77. The van der Waals surface area contributed by atoms with Gasteiger partial charge in [0.25, 0.3) is 0 Å². The number of aryl methyl sites for hydroxylation is 1. The minimum Gasteiger partial charge on any atom is -0.499 e. The molecule has 12 heavy (non-hydrogen) atoms. The molecule has 0 radical (unpaired) electrons. The Morgan fingerprint density at radius 1 is 1.42 bits per heavy atom. The van der Waals surface area contributed by atoms with Gasteiger partial charge in [-0.1, -0.05) is 23.5 Å². The smallest absolute Gasteiger partial charge is 0.186 e. The molecule has 0 aliphatic carbocycles. The maximum absolute atomic E-state index is 9.41. The number of hydrogen-bond donors (Lipinski definition) is 2. The summed E-state index contributed by atoms with van der Waals surface area (Å²) in [6.45, 7) is 2.02. The van der Waals surface area contributed by atoms with Crippen molar-refractivity contribution in [2.24, 2.45) is 0 Å². The summed E-state index contributed by atoms with van der Waals surface area (Å²) in [6.07, 6.45) is 0. The van der Waals surface area contributed by atoms with Gasteiger partial charge in [-0.05, 0) is 18.6 Å². The van der Waals surface area contributed by atoms with Crippen LogP contribution in [0.1, 0.15) is 5.56 Å². The molecule has 0 unspecified atom stereocenters. The van der Waals surface area contributed by atoms with Crippen LogP contribution < -0.4 is 0 Å². The van der Waals surface area contributed by atoms with Crippen molar-refractivity contribution in [3.8, 4) is 5.06 Å². The lowest BCUT2D eigenvalue weighted by molar-refractivity contribution is 0.480. The first-order valence-electron chi connectivity index (χ1n) is 3.60. The van der Waals surface area contributed by atoms with Crippen LogP contribution in [0, 0.1) is 6.92 Å². The molecule has 1 nitrogen and oxygen atoms in total. The first kappa shape index (κ1) is 7.95. The first-order chi connectivity index (χ1) is 5.70. The summed E-state index contributed by atoms with van der Waals surface area (Å²) in [4.78, 5) is 0.702. The van der Waals surface area contributed by atoms with E-state index in [-0.39, 0.29) is 0 Å². The summed E-state index contributed by atoms with van der Waals surface area (Å²) >= 11 is 5.62. The Morgan fingerprint density at radius 3 is 2.83 bits per heavy atom. The third-order valence-corrected chi connectivity index (χ3v) is 3.42. The molecule has 0 amide bonds. The van der Waals surface area contributed by atoms with Crippen molar-refractivity contribution < 1.29 is 5.11 Å². The van der Waals surface area contributed by atoms with E-state index < -0.39 is 0 Å². The van der Waals surface area contributed by atoms with Gasteiger partial charge in [0.05, 0.1) is 4.90 Å². The summed E-state index contributed by atoms with van der Waals surface area (Å²) in [5.74, 6) is 0. The Morgan fingerprint density at radius 2 is 2.17 bits per heavy atom. The van der Waals surface area contributed by atoms with Gasteiger partial charge < -0.3 is 5.11 Å². The maximum atomic E-state index is 9.41. The van der Waals surface area contributed by atoms with Gasteiger partial charge in [-0.25, -0.2) is 0 Å². The molecule has 0 saturated heterocycles. The van der Waals surface area contributed by atoms with Crippen LogP contribution in [0.4, 0.5) is 0 Å². The lowest BCUT2D eigenvalue weighted by atomic mass is 10.1. The van der Waals surface area contributed by atoms with Crippen molar-refractivity contribution in [3.05, 3.63) is 23.8 Å². The molecule has 1 aromatic carbocycles. The van der Waals surface area contributed by atoms with E-state index in [0.29, 0.717) is 9.96 Å². The van der Waals surface area contributed by atoms with Crippen LogP contribution in [0.5, 0.6) is 5.06 Å². The molecule has 0 bridgehead atoms. The average Bonchev–Trinajstić information content (AvgIpc) is 2.29. The van der Waals surface area contributed by atoms with Gasteiger partial charge in [-0.2, -0.15) is 0 Å². The van der Waals surface area contributed by atoms with Crippen LogP contribution in [0.25, 0.3) is 10.1 Å². The summed E-state index contributed by atoms with van der Waals surface area (Å²) < 4.78 is 1.09. The van der Waals surface area contributed by atoms with Crippen LogP contribution >= 0.6 is 24.0 Å². The zero-order chi connectivity index (χ0) is 8.72. The molecule has 0 aliphatic rings. The molecule has 2 aromatic rings. The Labute approximate surface area is 80.1 Å². The van der Waals surface area contributed by atoms with Gasteiger partial charge in [0, 0.05) is 10.1 Å². The predicted molar refractivity (Wildman–Crippen MR) is 55.5 cm³/mol. The molecule has 1 aromatic heterocycles. The van der Waals surface area contributed by atoms with Crippen molar-refractivity contribution in [1.29, 1.82) is 0 Å². The van der Waals surface area contributed by atoms with Gasteiger partial charge in [-0.15, -0.1) is 12.6 Å². The average molecular weight is 196 g/mol. The zero-order valence-electron chi connectivity index (χ0n) is 6.53. The highest BCUT2D eigenvalue weighted by Gasteiger charge is 2.08. The summed E-state index contributed by atoms with van der Waals surface area (Å²) in [6, 6.07) is 6.00. The normalized spacial score (nSPS) is 10.8. The minimum atomic E-state index is 0.308. The Bertz CT molecular complexity index is 431. The molecular formula is C9H8OS2. The molecule has 1 N–H and O–H groups in total. The van der Waals surface area contributed by atoms with Gasteiger partial charge >= 0.3 is 0 Å². The van der Waals surface area contributed by atoms with E-state index in [1.165, 1.54) is 11.3 Å². The molecule has 0 spiro atoms. The molecule has 0 aliphatic heterocycles. The number of benzene rings is 1. The lowest BCUT2D eigenvalue weighted by Gasteiger charge is -1.94. The number of fused-ring (bicyclic) bond motifs is 1. The molecule has 0 fully saturated rings. The van der Waals surface area contributed by atoms with Gasteiger partial charge in [0.2, 0.25) is 0 Å². The van der Waals surface area contributed by atoms with Gasteiger partial charge in [-0.3, -0.25) is 0 Å². The number of thiol groups is 1. The van der Waals surface area contributed by atoms with Gasteiger partial charge in [0.15, 0.2) is 5.06 Å². The summed E-state index contributed by atoms with van der Waals surface area (Å²) in [5, 5.41) is 10.8. The van der Waals surface area contributed by atoms with E-state index >= 15 is 0 Å². The number of thiophene rings is 1. The van der Waals surface area contributed by atoms with Crippen molar-refractivity contribution in [3.63, 3.8) is 0 Å². The fourth-order valence-electron chi connectivity index (χ4n) is 1.29. The summed E-state index contributed by atoms with van der Waals surface area (Å²) in [5.41, 5.74) is 1.16. The number of hydrogen-bond acceptors (Lipinski definition) is 3. The third kappa shape index (κ3) is 1.01. The van der Waals surface area contributed by atoms with Crippen LogP contribution in [0.3, 0.4) is 0 Å². The number of rotatable bonds is 0. The fourth-order valence-corrected chi connectivity index (χ4v) is 2.72. The molecule has 1 heterocycles. The van der Waals surface area contributed by atoms with E-state index in [1.54, 1.807) is 0 Å². The van der Waals surface area contributed by atoms with Crippen molar-refractivity contribution in [2.75, 3.05) is 0 Å². The molecule has 3 heteroatoms. The second-order valence-corrected chi connectivity index (χ2v) is 4.18. The van der Waals surface area contributed by atoms with Gasteiger partial charge in [0.1, 0.15) is 0 Å². The SMILES string of the molecule is Cc1cccc2sc(O)c(S)c12. The van der Waals surface area contributed by atoms with E-state index in [1.807, 2.05) is 25.1 Å². The van der Waals surface area contributed by atoms with Crippen molar-refractivity contribution >= 4 is 34.1 Å². The van der Waals surface area contributed by atoms with E-state index in [2.05, 4.69) is 12.6 Å². The minimum absolute atomic E-state index is 0.308. The van der Waals surface area contributed by atoms with Crippen molar-refractivity contribution in [1.82, 2.24) is 0 Å². The molecule has 0 saturated carbocycles. The second-order valence-electron chi connectivity index (χ2n) is 2.70. The number of aromatic hydroxyl groups is 1. The highest BCUT2D eigenvalue weighted by atomic mass is 32.1. The molecular weight excluding hydrogens is 188 g/mol. The Balaban J connectivity index is 2.97. The van der Waals surface area contributed by atoms with Crippen LogP contribution in [0.2, 0.25) is 0 Å². The van der Waals surface area contributed by atoms with E-state index in [4.69, 9.17) is 0 Å². The topological polar surface area (TPSA) is 20.2 Å². The van der Waals surface area contributed by atoms with Crippen LogP contribution in [-0.4, -0.2) is 5.11 Å². The molecule has 62 valence electrons. The first-order valence-corrected chi connectivity index (χ1v) is 4.86. The largest absolute Gasteiger partial charge is 0.499 e. The van der Waals surface area contributed by atoms with Crippen LogP contribution in [-0.2, 0) is 0 Å². The highest BCUT2D eigenvalue weighted by molar-refractivity contribution is 7.81. The Hall–Kier alpha value is -0.670. The maximum Gasteiger partial charge on any atom is 0.186 e. The quantitative estimate of drug-likeness (QED) is 0.620. The van der Waals surface area contributed by atoms with Crippen LogP contribution in [0.15, 0.2) is 23.1 Å². The molecule has 2 rings (SSSR count). The fraction of sp³-hybridized carbons (Fsp3) is 0.111. The predicted octanol–water partition coefficient (Wildman–Crippen LogP) is 3.20. The highest BCUT2D eigenvalue weighted by Crippen LogP contribution is 2.40. The van der Waals surface area contributed by atoms with Crippen molar-refractivity contribution in [2.45, 2.75) is 11.8 Å². The second kappa shape index (κ2) is 2.68. The molecule has 0 atom stereocenters. The van der Waals surface area contributed by atoms with E-state index in [9.17, 15) is 5.11 Å². The summed E-state index contributed by atoms with van der Waals surface area (Å²) in [7, 11) is 0.